The minimum atomic E-state index is -0.829. The van der Waals surface area contributed by atoms with Crippen molar-refractivity contribution in [3.05, 3.63) is 53.0 Å². The van der Waals surface area contributed by atoms with Crippen LogP contribution in [0.25, 0.3) is 0 Å². The van der Waals surface area contributed by atoms with Crippen molar-refractivity contribution >= 4 is 11.8 Å². The van der Waals surface area contributed by atoms with Gasteiger partial charge in [0.05, 0.1) is 17.6 Å². The number of nitrogens with zero attached hydrogens (tertiary/aromatic N) is 3. The van der Waals surface area contributed by atoms with Gasteiger partial charge in [-0.2, -0.15) is 0 Å². The van der Waals surface area contributed by atoms with Gasteiger partial charge in [0.1, 0.15) is 11.9 Å². The van der Waals surface area contributed by atoms with Crippen molar-refractivity contribution in [2.75, 3.05) is 4.90 Å². The summed E-state index contributed by atoms with van der Waals surface area (Å²) in [6.07, 6.45) is 2.15. The number of hydrogen-bond donors (Lipinski definition) is 1. The zero-order valence-electron chi connectivity index (χ0n) is 12.1. The number of hydrogen-bond acceptors (Lipinski definition) is 4. The van der Waals surface area contributed by atoms with Gasteiger partial charge < -0.3 is 10.0 Å². The molecule has 0 saturated heterocycles. The molecule has 1 N–H and O–H groups in total. The molecule has 0 bridgehead atoms. The Morgan fingerprint density at radius 3 is 2.62 bits per heavy atom. The number of aryl methyl sites for hydroxylation is 2. The van der Waals surface area contributed by atoms with Crippen LogP contribution in [0, 0.1) is 13.8 Å². The number of carboxylic acid groups (broad SMARTS) is 1. The second-order valence-electron chi connectivity index (χ2n) is 5.35. The fourth-order valence-electron chi connectivity index (χ4n) is 2.65. The van der Waals surface area contributed by atoms with Gasteiger partial charge in [0, 0.05) is 13.0 Å². The van der Waals surface area contributed by atoms with E-state index in [1.54, 1.807) is 6.20 Å². The van der Waals surface area contributed by atoms with Crippen LogP contribution < -0.4 is 4.90 Å². The lowest BCUT2D eigenvalue weighted by atomic mass is 9.94. The summed E-state index contributed by atoms with van der Waals surface area (Å²) < 4.78 is 0. The van der Waals surface area contributed by atoms with E-state index in [0.29, 0.717) is 18.8 Å². The highest BCUT2D eigenvalue weighted by atomic mass is 16.4. The molecular weight excluding hydrogens is 266 g/mol. The van der Waals surface area contributed by atoms with Crippen LogP contribution in [-0.4, -0.2) is 27.1 Å². The molecule has 21 heavy (non-hydrogen) atoms. The van der Waals surface area contributed by atoms with Crippen molar-refractivity contribution in [2.24, 2.45) is 0 Å². The molecule has 0 saturated carbocycles. The molecule has 5 nitrogen and oxygen atoms in total. The number of fused-ring (bicyclic) bond motifs is 1. The van der Waals surface area contributed by atoms with Gasteiger partial charge in [0.2, 0.25) is 0 Å². The van der Waals surface area contributed by atoms with Crippen molar-refractivity contribution < 1.29 is 9.90 Å². The van der Waals surface area contributed by atoms with E-state index in [-0.39, 0.29) is 0 Å². The number of aliphatic carboxylic acids is 1. The number of rotatable bonds is 2. The summed E-state index contributed by atoms with van der Waals surface area (Å²) in [6, 6.07) is 7.35. The van der Waals surface area contributed by atoms with Crippen LogP contribution in [0.1, 0.15) is 22.5 Å². The van der Waals surface area contributed by atoms with Gasteiger partial charge in [-0.1, -0.05) is 24.3 Å². The van der Waals surface area contributed by atoms with E-state index in [4.69, 9.17) is 0 Å². The summed E-state index contributed by atoms with van der Waals surface area (Å²) in [7, 11) is 0. The first kappa shape index (κ1) is 13.5. The van der Waals surface area contributed by atoms with Crippen LogP contribution in [-0.2, 0) is 17.8 Å². The predicted molar refractivity (Wildman–Crippen MR) is 79.3 cm³/mol. The summed E-state index contributed by atoms with van der Waals surface area (Å²) in [6.45, 7) is 4.33. The third-order valence-corrected chi connectivity index (χ3v) is 4.01. The van der Waals surface area contributed by atoms with Crippen molar-refractivity contribution in [3.8, 4) is 0 Å². The van der Waals surface area contributed by atoms with E-state index in [1.165, 1.54) is 0 Å². The zero-order valence-corrected chi connectivity index (χ0v) is 12.1. The molecule has 1 aliphatic rings. The molecule has 0 spiro atoms. The third kappa shape index (κ3) is 2.46. The Morgan fingerprint density at radius 1 is 1.24 bits per heavy atom. The van der Waals surface area contributed by atoms with Crippen molar-refractivity contribution in [2.45, 2.75) is 32.9 Å². The molecule has 1 aromatic heterocycles. The van der Waals surface area contributed by atoms with Gasteiger partial charge in [0.15, 0.2) is 0 Å². The van der Waals surface area contributed by atoms with E-state index in [9.17, 15) is 9.90 Å². The molecule has 1 atom stereocenters. The molecule has 0 fully saturated rings. The van der Waals surface area contributed by atoms with Crippen LogP contribution in [0.3, 0.4) is 0 Å². The van der Waals surface area contributed by atoms with Gasteiger partial charge >= 0.3 is 5.97 Å². The van der Waals surface area contributed by atoms with Gasteiger partial charge in [-0.3, -0.25) is 4.98 Å². The van der Waals surface area contributed by atoms with Gasteiger partial charge in [0.25, 0.3) is 0 Å². The molecule has 0 aliphatic carbocycles. The number of anilines is 1. The molecule has 108 valence electrons. The number of carboxylic acids is 1. The van der Waals surface area contributed by atoms with E-state index in [0.717, 1.165) is 22.5 Å². The molecule has 0 amide bonds. The Morgan fingerprint density at radius 2 is 1.95 bits per heavy atom. The van der Waals surface area contributed by atoms with Crippen LogP contribution in [0.2, 0.25) is 0 Å². The van der Waals surface area contributed by atoms with Crippen LogP contribution in [0.5, 0.6) is 0 Å². The van der Waals surface area contributed by atoms with E-state index < -0.39 is 12.0 Å². The first-order valence-corrected chi connectivity index (χ1v) is 6.92. The summed E-state index contributed by atoms with van der Waals surface area (Å²) in [5.74, 6) is -0.204. The summed E-state index contributed by atoms with van der Waals surface area (Å²) in [5, 5.41) is 9.53. The highest BCUT2D eigenvalue weighted by molar-refractivity contribution is 5.79. The van der Waals surface area contributed by atoms with Crippen molar-refractivity contribution in [1.82, 2.24) is 9.97 Å². The minimum Gasteiger partial charge on any atom is -0.480 e. The topological polar surface area (TPSA) is 66.3 Å². The first-order chi connectivity index (χ1) is 10.1. The predicted octanol–water partition coefficient (Wildman–Crippen LogP) is 2.11. The maximum absolute atomic E-state index is 11.6. The Hall–Kier alpha value is -2.43. The Labute approximate surface area is 123 Å². The van der Waals surface area contributed by atoms with Crippen molar-refractivity contribution in [1.29, 1.82) is 0 Å². The normalized spacial score (nSPS) is 17.4. The summed E-state index contributed by atoms with van der Waals surface area (Å²) in [5.41, 5.74) is 3.94. The Kier molecular flexibility index (Phi) is 3.33. The van der Waals surface area contributed by atoms with Crippen LogP contribution in [0.4, 0.5) is 5.82 Å². The lowest BCUT2D eigenvalue weighted by Crippen LogP contribution is -2.46. The lowest BCUT2D eigenvalue weighted by molar-refractivity contribution is -0.138. The standard InChI is InChI=1S/C16H17N3O2/c1-10-11(2)18-15(8-17-10)19-9-13-6-4-3-5-12(13)7-14(19)16(20)21/h3-6,8,14H,7,9H2,1-2H3,(H,20,21). The smallest absolute Gasteiger partial charge is 0.326 e. The third-order valence-electron chi connectivity index (χ3n) is 4.01. The SMILES string of the molecule is Cc1ncc(N2Cc3ccccc3CC2C(=O)O)nc1C. The monoisotopic (exact) mass is 283 g/mol. The molecule has 3 rings (SSSR count). The molecule has 1 aliphatic heterocycles. The number of benzene rings is 1. The molecule has 0 radical (unpaired) electrons. The number of carbonyl (C=O) groups is 1. The zero-order chi connectivity index (χ0) is 15.0. The quantitative estimate of drug-likeness (QED) is 0.914. The van der Waals surface area contributed by atoms with Crippen molar-refractivity contribution in [3.63, 3.8) is 0 Å². The average molecular weight is 283 g/mol. The first-order valence-electron chi connectivity index (χ1n) is 6.92. The highest BCUT2D eigenvalue weighted by Crippen LogP contribution is 2.27. The molecule has 5 heteroatoms. The van der Waals surface area contributed by atoms with Crippen LogP contribution in [0.15, 0.2) is 30.5 Å². The largest absolute Gasteiger partial charge is 0.480 e. The van der Waals surface area contributed by atoms with E-state index >= 15 is 0 Å². The van der Waals surface area contributed by atoms with Gasteiger partial charge in [-0.05, 0) is 25.0 Å². The minimum absolute atomic E-state index is 0.486. The molecule has 2 heterocycles. The maximum atomic E-state index is 11.6. The second-order valence-corrected chi connectivity index (χ2v) is 5.35. The summed E-state index contributed by atoms with van der Waals surface area (Å²) >= 11 is 0. The molecule has 2 aromatic rings. The molecule has 1 unspecified atom stereocenters. The fourth-order valence-corrected chi connectivity index (χ4v) is 2.65. The molecule has 1 aromatic carbocycles. The lowest BCUT2D eigenvalue weighted by Gasteiger charge is -2.35. The maximum Gasteiger partial charge on any atom is 0.326 e. The van der Waals surface area contributed by atoms with Gasteiger partial charge in [-0.25, -0.2) is 9.78 Å². The van der Waals surface area contributed by atoms with Gasteiger partial charge in [-0.15, -0.1) is 0 Å². The number of aromatic nitrogens is 2. The van der Waals surface area contributed by atoms with E-state index in [2.05, 4.69) is 9.97 Å². The fraction of sp³-hybridized carbons (Fsp3) is 0.312. The highest BCUT2D eigenvalue weighted by Gasteiger charge is 2.32. The second kappa shape index (κ2) is 5.16. The van der Waals surface area contributed by atoms with E-state index in [1.807, 2.05) is 43.0 Å². The Balaban J connectivity index is 2.03. The average Bonchev–Trinajstić information content (AvgIpc) is 2.48. The Bertz CT molecular complexity index is 700. The molecular formula is C16H17N3O2. The van der Waals surface area contributed by atoms with Crippen LogP contribution >= 0.6 is 0 Å². The summed E-state index contributed by atoms with van der Waals surface area (Å²) in [4.78, 5) is 22.2.